The molecule has 0 fully saturated rings. The van der Waals surface area contributed by atoms with Crippen molar-refractivity contribution in [2.45, 2.75) is 91.9 Å². The van der Waals surface area contributed by atoms with Crippen molar-refractivity contribution >= 4 is 23.6 Å². The highest BCUT2D eigenvalue weighted by molar-refractivity contribution is 5.87. The van der Waals surface area contributed by atoms with E-state index in [0.717, 1.165) is 39.3 Å². The molecule has 38 heavy (non-hydrogen) atoms. The van der Waals surface area contributed by atoms with Gasteiger partial charge in [-0.25, -0.2) is 9.59 Å². The Labute approximate surface area is 231 Å². The second-order valence-electron chi connectivity index (χ2n) is 9.80. The van der Waals surface area contributed by atoms with Crippen LogP contribution in [0.1, 0.15) is 91.9 Å². The molecule has 0 bridgehead atoms. The lowest BCUT2D eigenvalue weighted by molar-refractivity contribution is 0.139. The molecule has 0 aliphatic carbocycles. The van der Waals surface area contributed by atoms with Crippen molar-refractivity contribution in [1.82, 2.24) is 9.80 Å². The molecule has 0 spiro atoms. The van der Waals surface area contributed by atoms with Gasteiger partial charge in [0.25, 0.3) is 0 Å². The fourth-order valence-corrected chi connectivity index (χ4v) is 4.21. The molecule has 2 N–H and O–H groups in total. The third-order valence-electron chi connectivity index (χ3n) is 6.71. The molecule has 0 radical (unpaired) electrons. The van der Waals surface area contributed by atoms with Gasteiger partial charge in [-0.3, -0.25) is 10.6 Å². The normalized spacial score (nSPS) is 11.1. The first-order valence-corrected chi connectivity index (χ1v) is 14.9. The van der Waals surface area contributed by atoms with E-state index in [1.807, 2.05) is 0 Å². The summed E-state index contributed by atoms with van der Waals surface area (Å²) in [6.45, 7) is 14.9. The number of nitrogens with zero attached hydrogens (tertiary/aromatic N) is 2. The van der Waals surface area contributed by atoms with Gasteiger partial charge < -0.3 is 19.3 Å². The van der Waals surface area contributed by atoms with Crippen LogP contribution in [-0.4, -0.2) is 74.5 Å². The van der Waals surface area contributed by atoms with Crippen LogP contribution < -0.4 is 10.6 Å². The fourth-order valence-electron chi connectivity index (χ4n) is 4.21. The minimum atomic E-state index is -0.477. The average molecular weight is 535 g/mol. The molecule has 0 atom stereocenters. The maximum Gasteiger partial charge on any atom is 0.411 e. The van der Waals surface area contributed by atoms with E-state index in [4.69, 9.17) is 9.47 Å². The van der Waals surface area contributed by atoms with E-state index in [1.54, 1.807) is 24.3 Å². The molecular weight excluding hydrogens is 480 g/mol. The predicted octanol–water partition coefficient (Wildman–Crippen LogP) is 7.37. The standard InChI is InChI=1S/C30H54N4O4/c1-5-9-11-13-15-21-33(7-3)23-25-37-29(35)31-27-17-19-28(20-18-27)32-30(36)38-26-24-34(8-4)22-16-14-12-10-6-2/h17-20H,5-16,21-26H2,1-4H3,(H,31,35)(H,32,36). The Kier molecular flexibility index (Phi) is 20.1. The first-order chi connectivity index (χ1) is 18.5. The zero-order valence-corrected chi connectivity index (χ0v) is 24.6. The second-order valence-corrected chi connectivity index (χ2v) is 9.80. The van der Waals surface area contributed by atoms with Gasteiger partial charge in [0.1, 0.15) is 13.2 Å². The number of likely N-dealkylation sites (N-methyl/N-ethyl adjacent to an activating group) is 2. The van der Waals surface area contributed by atoms with E-state index in [2.05, 4.69) is 48.1 Å². The Bertz CT molecular complexity index is 668. The Hall–Kier alpha value is -2.32. The van der Waals surface area contributed by atoms with Gasteiger partial charge >= 0.3 is 12.2 Å². The number of ether oxygens (including phenoxy) is 2. The lowest BCUT2D eigenvalue weighted by atomic mass is 10.1. The van der Waals surface area contributed by atoms with Crippen LogP contribution >= 0.6 is 0 Å². The van der Waals surface area contributed by atoms with E-state index in [-0.39, 0.29) is 0 Å². The summed E-state index contributed by atoms with van der Waals surface area (Å²) in [5, 5.41) is 5.46. The van der Waals surface area contributed by atoms with Gasteiger partial charge in [0.2, 0.25) is 0 Å². The minimum Gasteiger partial charge on any atom is -0.448 e. The number of anilines is 2. The minimum absolute atomic E-state index is 0.356. The molecule has 0 saturated heterocycles. The summed E-state index contributed by atoms with van der Waals surface area (Å²) in [6, 6.07) is 6.90. The predicted molar refractivity (Wildman–Crippen MR) is 158 cm³/mol. The zero-order chi connectivity index (χ0) is 27.8. The third kappa shape index (κ3) is 17.2. The largest absolute Gasteiger partial charge is 0.448 e. The van der Waals surface area contributed by atoms with Crippen LogP contribution in [0.4, 0.5) is 21.0 Å². The van der Waals surface area contributed by atoms with Crippen molar-refractivity contribution < 1.29 is 19.1 Å². The number of hydrogen-bond donors (Lipinski definition) is 2. The van der Waals surface area contributed by atoms with Crippen molar-refractivity contribution in [2.75, 3.05) is 63.1 Å². The quantitative estimate of drug-likeness (QED) is 0.151. The van der Waals surface area contributed by atoms with Gasteiger partial charge in [0, 0.05) is 24.5 Å². The molecular formula is C30H54N4O4. The van der Waals surface area contributed by atoms with Crippen molar-refractivity contribution in [2.24, 2.45) is 0 Å². The topological polar surface area (TPSA) is 83.1 Å². The zero-order valence-electron chi connectivity index (χ0n) is 24.6. The molecule has 0 saturated carbocycles. The first kappa shape index (κ1) is 33.7. The lowest BCUT2D eigenvalue weighted by Crippen LogP contribution is -2.30. The number of benzene rings is 1. The molecule has 1 aromatic carbocycles. The van der Waals surface area contributed by atoms with Crippen LogP contribution in [0.5, 0.6) is 0 Å². The number of hydrogen-bond acceptors (Lipinski definition) is 6. The van der Waals surface area contributed by atoms with Gasteiger partial charge in [-0.1, -0.05) is 79.1 Å². The van der Waals surface area contributed by atoms with Gasteiger partial charge in [0.15, 0.2) is 0 Å². The lowest BCUT2D eigenvalue weighted by Gasteiger charge is -2.20. The van der Waals surface area contributed by atoms with E-state index < -0.39 is 12.2 Å². The van der Waals surface area contributed by atoms with Crippen molar-refractivity contribution in [1.29, 1.82) is 0 Å². The summed E-state index contributed by atoms with van der Waals surface area (Å²) in [4.78, 5) is 28.9. The number of carbonyl (C=O) groups is 2. The number of amides is 2. The number of rotatable bonds is 22. The summed E-state index contributed by atoms with van der Waals surface area (Å²) >= 11 is 0. The summed E-state index contributed by atoms with van der Waals surface area (Å²) in [7, 11) is 0. The van der Waals surface area contributed by atoms with E-state index in [1.165, 1.54) is 64.2 Å². The van der Waals surface area contributed by atoms with Crippen LogP contribution in [0.3, 0.4) is 0 Å². The van der Waals surface area contributed by atoms with E-state index in [9.17, 15) is 9.59 Å². The molecule has 1 rings (SSSR count). The second kappa shape index (κ2) is 22.6. The molecule has 8 heteroatoms. The van der Waals surface area contributed by atoms with E-state index in [0.29, 0.717) is 24.6 Å². The molecule has 0 aliphatic rings. The molecule has 0 aliphatic heterocycles. The van der Waals surface area contributed by atoms with Crippen LogP contribution in [0.15, 0.2) is 24.3 Å². The molecule has 1 aromatic rings. The monoisotopic (exact) mass is 534 g/mol. The maximum absolute atomic E-state index is 12.1. The Balaban J connectivity index is 2.24. The smallest absolute Gasteiger partial charge is 0.411 e. The number of nitrogens with one attached hydrogen (secondary N) is 2. The Morgan fingerprint density at radius 2 is 0.947 bits per heavy atom. The number of carbonyl (C=O) groups excluding carboxylic acids is 2. The Morgan fingerprint density at radius 3 is 1.29 bits per heavy atom. The highest BCUT2D eigenvalue weighted by atomic mass is 16.6. The molecule has 0 aromatic heterocycles. The van der Waals surface area contributed by atoms with Crippen LogP contribution in [0.25, 0.3) is 0 Å². The highest BCUT2D eigenvalue weighted by Gasteiger charge is 2.09. The summed E-state index contributed by atoms with van der Waals surface area (Å²) in [6.07, 6.45) is 11.6. The fraction of sp³-hybridized carbons (Fsp3) is 0.733. The van der Waals surface area contributed by atoms with Crippen LogP contribution in [-0.2, 0) is 9.47 Å². The van der Waals surface area contributed by atoms with Gasteiger partial charge in [0.05, 0.1) is 0 Å². The van der Waals surface area contributed by atoms with Crippen molar-refractivity contribution in [3.8, 4) is 0 Å². The number of unbranched alkanes of at least 4 members (excludes halogenated alkanes) is 8. The molecule has 0 heterocycles. The van der Waals surface area contributed by atoms with Gasteiger partial charge in [-0.15, -0.1) is 0 Å². The van der Waals surface area contributed by atoms with Crippen LogP contribution in [0, 0.1) is 0 Å². The van der Waals surface area contributed by atoms with Gasteiger partial charge in [-0.2, -0.15) is 0 Å². The van der Waals surface area contributed by atoms with Crippen LogP contribution in [0.2, 0.25) is 0 Å². The molecule has 2 amide bonds. The van der Waals surface area contributed by atoms with Gasteiger partial charge in [-0.05, 0) is 63.3 Å². The van der Waals surface area contributed by atoms with Crippen molar-refractivity contribution in [3.63, 3.8) is 0 Å². The maximum atomic E-state index is 12.1. The highest BCUT2D eigenvalue weighted by Crippen LogP contribution is 2.14. The molecule has 218 valence electrons. The molecule has 8 nitrogen and oxygen atoms in total. The Morgan fingerprint density at radius 1 is 0.579 bits per heavy atom. The average Bonchev–Trinajstić information content (AvgIpc) is 2.91. The van der Waals surface area contributed by atoms with Crippen molar-refractivity contribution in [3.05, 3.63) is 24.3 Å². The molecule has 0 unspecified atom stereocenters. The first-order valence-electron chi connectivity index (χ1n) is 14.9. The van der Waals surface area contributed by atoms with E-state index >= 15 is 0 Å². The SMILES string of the molecule is CCCCCCCN(CC)CCOC(=O)Nc1ccc(NC(=O)OCCN(CC)CCCCCCC)cc1. The summed E-state index contributed by atoms with van der Waals surface area (Å²) < 4.78 is 10.7. The summed E-state index contributed by atoms with van der Waals surface area (Å²) in [5.41, 5.74) is 1.21. The third-order valence-corrected chi connectivity index (χ3v) is 6.71. The summed E-state index contributed by atoms with van der Waals surface area (Å²) in [5.74, 6) is 0.